The predicted octanol–water partition coefficient (Wildman–Crippen LogP) is 4.74. The largest absolute Gasteiger partial charge is 0.506 e. The zero-order valence-corrected chi connectivity index (χ0v) is 16.0. The van der Waals surface area contributed by atoms with E-state index in [1.54, 1.807) is 0 Å². The van der Waals surface area contributed by atoms with Gasteiger partial charge in [0.25, 0.3) is 5.91 Å². The summed E-state index contributed by atoms with van der Waals surface area (Å²) in [7, 11) is 0. The minimum Gasteiger partial charge on any atom is -0.506 e. The van der Waals surface area contributed by atoms with Crippen LogP contribution in [0.3, 0.4) is 0 Å². The molecule has 1 atom stereocenters. The van der Waals surface area contributed by atoms with Gasteiger partial charge in [0.2, 0.25) is 0 Å². The Labute approximate surface area is 162 Å². The van der Waals surface area contributed by atoms with Crippen molar-refractivity contribution in [1.29, 1.82) is 0 Å². The summed E-state index contributed by atoms with van der Waals surface area (Å²) in [6.45, 7) is 4.12. The van der Waals surface area contributed by atoms with Gasteiger partial charge in [-0.1, -0.05) is 49.2 Å². The molecule has 2 aromatic rings. The first-order chi connectivity index (χ1) is 12.4. The molecule has 1 amide bonds. The Kier molecular flexibility index (Phi) is 7.30. The summed E-state index contributed by atoms with van der Waals surface area (Å²) in [5.74, 6) is 0.500. The molecule has 0 saturated heterocycles. The van der Waals surface area contributed by atoms with Gasteiger partial charge < -0.3 is 9.84 Å². The highest BCUT2D eigenvalue weighted by atomic mass is 35.5. The lowest BCUT2D eigenvalue weighted by atomic mass is 9.99. The Morgan fingerprint density at radius 2 is 2.00 bits per heavy atom. The van der Waals surface area contributed by atoms with E-state index in [1.165, 1.54) is 23.9 Å². The lowest BCUT2D eigenvalue weighted by Gasteiger charge is -2.10. The van der Waals surface area contributed by atoms with Crippen LogP contribution in [-0.4, -0.2) is 23.8 Å². The van der Waals surface area contributed by atoms with Gasteiger partial charge in [0.15, 0.2) is 6.61 Å². The molecule has 0 saturated carbocycles. The average Bonchev–Trinajstić information content (AvgIpc) is 2.63. The smallest absolute Gasteiger partial charge is 0.277 e. The topological polar surface area (TPSA) is 70.9 Å². The Balaban J connectivity index is 1.86. The number of nitrogens with zero attached hydrogens (tertiary/aromatic N) is 1. The quantitative estimate of drug-likeness (QED) is 0.526. The van der Waals surface area contributed by atoms with Gasteiger partial charge in [-0.25, -0.2) is 5.43 Å². The van der Waals surface area contributed by atoms with Gasteiger partial charge in [-0.2, -0.15) is 5.10 Å². The second kappa shape index (κ2) is 9.46. The van der Waals surface area contributed by atoms with Crippen LogP contribution in [0.1, 0.15) is 37.3 Å². The van der Waals surface area contributed by atoms with E-state index in [2.05, 4.69) is 24.4 Å². The molecule has 2 N–H and O–H groups in total. The van der Waals surface area contributed by atoms with Crippen LogP contribution in [0.15, 0.2) is 41.5 Å². The zero-order valence-electron chi connectivity index (χ0n) is 14.5. The Bertz CT molecular complexity index is 792. The van der Waals surface area contributed by atoms with E-state index in [4.69, 9.17) is 27.9 Å². The SMILES string of the molecule is CC[C@@H](C)c1ccc(OCC(=O)N/N=C\c2cc(Cl)cc(Cl)c2O)cc1. The van der Waals surface area contributed by atoms with Gasteiger partial charge in [0.1, 0.15) is 11.5 Å². The van der Waals surface area contributed by atoms with Crippen molar-refractivity contribution in [1.82, 2.24) is 5.43 Å². The molecule has 5 nitrogen and oxygen atoms in total. The van der Waals surface area contributed by atoms with E-state index in [1.807, 2.05) is 24.3 Å². The number of halogens is 2. The maximum atomic E-state index is 11.8. The van der Waals surface area contributed by atoms with Crippen LogP contribution in [-0.2, 0) is 4.79 Å². The summed E-state index contributed by atoms with van der Waals surface area (Å²) < 4.78 is 5.42. The monoisotopic (exact) mass is 394 g/mol. The van der Waals surface area contributed by atoms with E-state index in [0.29, 0.717) is 22.3 Å². The summed E-state index contributed by atoms with van der Waals surface area (Å²) in [4.78, 5) is 11.8. The minimum atomic E-state index is -0.431. The number of hydrogen-bond donors (Lipinski definition) is 2. The van der Waals surface area contributed by atoms with Crippen molar-refractivity contribution < 1.29 is 14.6 Å². The summed E-state index contributed by atoms with van der Waals surface area (Å²) in [6, 6.07) is 10.5. The molecule has 0 heterocycles. The predicted molar refractivity (Wildman–Crippen MR) is 105 cm³/mol. The van der Waals surface area contributed by atoms with Crippen molar-refractivity contribution in [2.75, 3.05) is 6.61 Å². The molecule has 0 aliphatic carbocycles. The van der Waals surface area contributed by atoms with Crippen molar-refractivity contribution in [3.8, 4) is 11.5 Å². The number of ether oxygens (including phenoxy) is 1. The third kappa shape index (κ3) is 5.64. The first-order valence-corrected chi connectivity index (χ1v) is 8.89. The number of hydrazone groups is 1. The maximum Gasteiger partial charge on any atom is 0.277 e. The molecular formula is C19H20Cl2N2O3. The first-order valence-electron chi connectivity index (χ1n) is 8.13. The van der Waals surface area contributed by atoms with Crippen molar-refractivity contribution in [2.45, 2.75) is 26.2 Å². The van der Waals surface area contributed by atoms with Gasteiger partial charge in [0.05, 0.1) is 11.2 Å². The normalized spacial score (nSPS) is 12.2. The number of carbonyl (C=O) groups is 1. The number of phenols is 1. The molecule has 0 radical (unpaired) electrons. The molecule has 0 fully saturated rings. The first kappa shape index (κ1) is 20.1. The molecule has 0 unspecified atom stereocenters. The number of nitrogens with one attached hydrogen (secondary N) is 1. The van der Waals surface area contributed by atoms with E-state index in [0.717, 1.165) is 6.42 Å². The third-order valence-electron chi connectivity index (χ3n) is 3.88. The summed E-state index contributed by atoms with van der Waals surface area (Å²) >= 11 is 11.7. The third-order valence-corrected chi connectivity index (χ3v) is 4.39. The highest BCUT2D eigenvalue weighted by Gasteiger charge is 2.07. The summed E-state index contributed by atoms with van der Waals surface area (Å²) in [6.07, 6.45) is 2.32. The molecule has 0 aliphatic rings. The van der Waals surface area contributed by atoms with Gasteiger partial charge in [-0.05, 0) is 42.2 Å². The fourth-order valence-electron chi connectivity index (χ4n) is 2.17. The van der Waals surface area contributed by atoms with Crippen LogP contribution < -0.4 is 10.2 Å². The maximum absolute atomic E-state index is 11.8. The van der Waals surface area contributed by atoms with Gasteiger partial charge >= 0.3 is 0 Å². The molecule has 0 bridgehead atoms. The standard InChI is InChI=1S/C19H20Cl2N2O3/c1-3-12(2)13-4-6-16(7-5-13)26-11-18(24)23-22-10-14-8-15(20)9-17(21)19(14)25/h4-10,12,25H,3,11H2,1-2H3,(H,23,24)/b22-10-/t12-/m1/s1. The number of benzene rings is 2. The summed E-state index contributed by atoms with van der Waals surface area (Å²) in [5, 5.41) is 14.0. The molecule has 0 spiro atoms. The number of carbonyl (C=O) groups excluding carboxylic acids is 1. The minimum absolute atomic E-state index is 0.106. The van der Waals surface area contributed by atoms with E-state index in [-0.39, 0.29) is 17.4 Å². The highest BCUT2D eigenvalue weighted by Crippen LogP contribution is 2.29. The molecule has 138 valence electrons. The second-order valence-corrected chi connectivity index (χ2v) is 6.63. The van der Waals surface area contributed by atoms with Crippen molar-refractivity contribution in [3.05, 3.63) is 57.6 Å². The van der Waals surface area contributed by atoms with Crippen molar-refractivity contribution in [2.24, 2.45) is 5.10 Å². The Hall–Kier alpha value is -2.24. The Morgan fingerprint density at radius 3 is 2.65 bits per heavy atom. The van der Waals surface area contributed by atoms with Crippen molar-refractivity contribution >= 4 is 35.3 Å². The number of amides is 1. The number of rotatable bonds is 7. The molecule has 2 aromatic carbocycles. The number of phenolic OH excluding ortho intramolecular Hbond substituents is 1. The molecule has 0 aliphatic heterocycles. The van der Waals surface area contributed by atoms with Crippen LogP contribution >= 0.6 is 23.2 Å². The van der Waals surface area contributed by atoms with E-state index >= 15 is 0 Å². The second-order valence-electron chi connectivity index (χ2n) is 5.79. The molecule has 0 aromatic heterocycles. The van der Waals surface area contributed by atoms with Gasteiger partial charge in [-0.3, -0.25) is 4.79 Å². The van der Waals surface area contributed by atoms with Gasteiger partial charge in [0, 0.05) is 10.6 Å². The van der Waals surface area contributed by atoms with Crippen LogP contribution in [0, 0.1) is 0 Å². The fourth-order valence-corrected chi connectivity index (χ4v) is 2.68. The highest BCUT2D eigenvalue weighted by molar-refractivity contribution is 6.36. The zero-order chi connectivity index (χ0) is 19.1. The average molecular weight is 395 g/mol. The Morgan fingerprint density at radius 1 is 1.31 bits per heavy atom. The van der Waals surface area contributed by atoms with Crippen LogP contribution in [0.5, 0.6) is 11.5 Å². The molecular weight excluding hydrogens is 375 g/mol. The van der Waals surface area contributed by atoms with Crippen LogP contribution in [0.4, 0.5) is 0 Å². The summed E-state index contributed by atoms with van der Waals surface area (Å²) in [5.41, 5.74) is 3.84. The van der Waals surface area contributed by atoms with E-state index < -0.39 is 5.91 Å². The molecule has 7 heteroatoms. The van der Waals surface area contributed by atoms with Crippen molar-refractivity contribution in [3.63, 3.8) is 0 Å². The molecule has 26 heavy (non-hydrogen) atoms. The van der Waals surface area contributed by atoms with Gasteiger partial charge in [-0.15, -0.1) is 0 Å². The lowest BCUT2D eigenvalue weighted by molar-refractivity contribution is -0.123. The fraction of sp³-hybridized carbons (Fsp3) is 0.263. The van der Waals surface area contributed by atoms with Crippen LogP contribution in [0.2, 0.25) is 10.0 Å². The number of aromatic hydroxyl groups is 1. The van der Waals surface area contributed by atoms with Crippen LogP contribution in [0.25, 0.3) is 0 Å². The van der Waals surface area contributed by atoms with E-state index in [9.17, 15) is 9.90 Å². The lowest BCUT2D eigenvalue weighted by Crippen LogP contribution is -2.24. The number of hydrogen-bond acceptors (Lipinski definition) is 4. The molecule has 2 rings (SSSR count).